The molecule has 0 spiro atoms. The van der Waals surface area contributed by atoms with E-state index in [9.17, 15) is 39.6 Å². The van der Waals surface area contributed by atoms with Gasteiger partial charge in [-0.15, -0.1) is 0 Å². The number of hydrogen-bond acceptors (Lipinski definition) is 12. The third kappa shape index (κ3) is 10.4. The van der Waals surface area contributed by atoms with Gasteiger partial charge >= 0.3 is 11.9 Å². The minimum absolute atomic E-state index is 0.00245. The van der Waals surface area contributed by atoms with Gasteiger partial charge < -0.3 is 49.0 Å². The topological polar surface area (TPSA) is 186 Å². The van der Waals surface area contributed by atoms with Crippen LogP contribution in [0.4, 0.5) is 0 Å². The van der Waals surface area contributed by atoms with E-state index in [1.807, 2.05) is 0 Å². The summed E-state index contributed by atoms with van der Waals surface area (Å²) in [6.45, 7) is 9.76. The molecule has 0 amide bonds. The van der Waals surface area contributed by atoms with Crippen molar-refractivity contribution in [2.75, 3.05) is 26.4 Å². The Morgan fingerprint density at radius 3 is 1.75 bits per heavy atom. The Bertz CT molecular complexity index is 1760. The fourth-order valence-electron chi connectivity index (χ4n) is 16.1. The zero-order chi connectivity index (χ0) is 49.0. The van der Waals surface area contributed by atoms with E-state index in [1.165, 1.54) is 5.57 Å². The third-order valence-electron chi connectivity index (χ3n) is 19.8. The van der Waals surface area contributed by atoms with Crippen LogP contribution in [0.2, 0.25) is 0 Å². The van der Waals surface area contributed by atoms with E-state index in [2.05, 4.69) is 51.8 Å². The van der Waals surface area contributed by atoms with Gasteiger partial charge in [-0.2, -0.15) is 0 Å². The van der Waals surface area contributed by atoms with E-state index >= 15 is 0 Å². The summed E-state index contributed by atoms with van der Waals surface area (Å²) in [5.74, 6) is 1.20. The first-order chi connectivity index (χ1) is 32.6. The summed E-state index contributed by atoms with van der Waals surface area (Å²) in [7, 11) is 0. The molecule has 0 aromatic carbocycles. The van der Waals surface area contributed by atoms with Crippen molar-refractivity contribution in [3.8, 4) is 0 Å². The molecule has 12 nitrogen and oxygen atoms in total. The van der Waals surface area contributed by atoms with Gasteiger partial charge in [-0.3, -0.25) is 9.59 Å². The zero-order valence-corrected chi connectivity index (χ0v) is 44.6. The minimum Gasteiger partial charge on any atom is -0.460 e. The van der Waals surface area contributed by atoms with Crippen molar-refractivity contribution in [3.05, 3.63) is 11.6 Å². The Hall–Kier alpha value is -1.26. The molecule has 0 radical (unpaired) electrons. The number of alkyl halides is 2. The molecule has 4 N–H and O–H groups in total. The van der Waals surface area contributed by atoms with Gasteiger partial charge in [-0.1, -0.05) is 71.2 Å². The number of carbonyl (C=O) groups excluding carboxylic acids is 4. The lowest BCUT2D eigenvalue weighted by Crippen LogP contribution is -2.60. The highest BCUT2D eigenvalue weighted by Crippen LogP contribution is 2.68. The van der Waals surface area contributed by atoms with Crippen LogP contribution in [0.25, 0.3) is 0 Å². The molecule has 7 fully saturated rings. The number of unbranched alkanes of at least 4 members (excludes halogenated alkanes) is 4. The largest absolute Gasteiger partial charge is 0.460 e. The second-order valence-electron chi connectivity index (χ2n) is 22.9. The van der Waals surface area contributed by atoms with E-state index in [-0.39, 0.29) is 93.7 Å². The second kappa shape index (κ2) is 23.3. The Kier molecular flexibility index (Phi) is 18.7. The fraction of sp³-hybridized carbons (Fsp3) is 0.889. The van der Waals surface area contributed by atoms with E-state index in [0.29, 0.717) is 56.7 Å². The molecule has 8 rings (SSSR count). The summed E-state index contributed by atoms with van der Waals surface area (Å²) in [5.41, 5.74) is 0.562. The summed E-state index contributed by atoms with van der Waals surface area (Å²) in [5, 5.41) is 44.2. The number of fused-ring (bicyclic) bond motifs is 10. The van der Waals surface area contributed by atoms with Crippen LogP contribution in [0.1, 0.15) is 163 Å². The van der Waals surface area contributed by atoms with Crippen LogP contribution in [-0.4, -0.2) is 118 Å². The fourth-order valence-corrected chi connectivity index (χ4v) is 18.2. The molecule has 8 aliphatic carbocycles. The number of aldehydes is 2. The summed E-state index contributed by atoms with van der Waals surface area (Å²) in [6.07, 6.45) is 20.2. The summed E-state index contributed by atoms with van der Waals surface area (Å²) < 4.78 is 24.1. The zero-order valence-electron chi connectivity index (χ0n) is 41.4. The molecular formula is C54H84Br2O12. The van der Waals surface area contributed by atoms with Crippen molar-refractivity contribution in [2.24, 2.45) is 63.1 Å². The lowest BCUT2D eigenvalue weighted by atomic mass is 9.44. The third-order valence-corrected chi connectivity index (χ3v) is 21.5. The van der Waals surface area contributed by atoms with E-state index in [4.69, 9.17) is 18.9 Å². The van der Waals surface area contributed by atoms with Crippen molar-refractivity contribution >= 4 is 56.4 Å². The van der Waals surface area contributed by atoms with E-state index in [0.717, 1.165) is 122 Å². The van der Waals surface area contributed by atoms with Gasteiger partial charge in [-0.25, -0.2) is 0 Å². The van der Waals surface area contributed by atoms with Gasteiger partial charge in [0, 0.05) is 49.7 Å². The normalized spacial score (nSPS) is 44.5. The smallest absolute Gasteiger partial charge is 0.305 e. The number of halogens is 2. The quantitative estimate of drug-likeness (QED) is 0.0337. The first-order valence-electron chi connectivity index (χ1n) is 26.7. The van der Waals surface area contributed by atoms with Gasteiger partial charge in [0.15, 0.2) is 0 Å². The lowest BCUT2D eigenvalue weighted by molar-refractivity contribution is -0.196. The molecule has 7 saturated carbocycles. The summed E-state index contributed by atoms with van der Waals surface area (Å²) >= 11 is 7.56. The standard InChI is InChI=1S/C27H43BrO6.C27H41BrO6/c2*1-3-23(32)34-25-21(28)15-20-24-19(8-10-27(20,25)16-30)26(2)9-7-18(13-17(26)14-22(24)31)33-12-6-4-5-11-29/h11,17-22,24-25,30-31H,3-10,12-16H2,1-2H3;11,14,18-22,24-25,30-31H,3-10,12-13,15-16H2,1-2H3/t17?,18-,19?,20?,21+,22-,24?,25-,26-,27+;18-,19?,20?,21+,22-,24?,25-,26-,27+/m00/s1. The van der Waals surface area contributed by atoms with Crippen LogP contribution in [0.3, 0.4) is 0 Å². The summed E-state index contributed by atoms with van der Waals surface area (Å²) in [4.78, 5) is 45.4. The molecule has 0 aromatic rings. The Morgan fingerprint density at radius 1 is 0.676 bits per heavy atom. The van der Waals surface area contributed by atoms with Crippen molar-refractivity contribution in [1.82, 2.24) is 0 Å². The molecule has 68 heavy (non-hydrogen) atoms. The van der Waals surface area contributed by atoms with Gasteiger partial charge in [0.25, 0.3) is 0 Å². The number of hydrogen-bond donors (Lipinski definition) is 4. The monoisotopic (exact) mass is 1080 g/mol. The highest BCUT2D eigenvalue weighted by atomic mass is 79.9. The molecule has 8 aliphatic rings. The van der Waals surface area contributed by atoms with Gasteiger partial charge in [0.1, 0.15) is 24.8 Å². The van der Waals surface area contributed by atoms with Crippen LogP contribution in [0.15, 0.2) is 11.6 Å². The summed E-state index contributed by atoms with van der Waals surface area (Å²) in [6, 6.07) is 0. The van der Waals surface area contributed by atoms with Crippen molar-refractivity contribution in [3.63, 3.8) is 0 Å². The predicted octanol–water partition coefficient (Wildman–Crippen LogP) is 8.76. The molecule has 386 valence electrons. The molecule has 7 unspecified atom stereocenters. The van der Waals surface area contributed by atoms with Crippen LogP contribution in [-0.2, 0) is 38.1 Å². The molecule has 0 aromatic heterocycles. The average molecular weight is 1090 g/mol. The van der Waals surface area contributed by atoms with Crippen LogP contribution >= 0.6 is 31.9 Å². The van der Waals surface area contributed by atoms with Crippen molar-refractivity contribution in [1.29, 1.82) is 0 Å². The number of aliphatic hydroxyl groups is 4. The van der Waals surface area contributed by atoms with Crippen molar-refractivity contribution < 1.29 is 58.6 Å². The van der Waals surface area contributed by atoms with Gasteiger partial charge in [0.2, 0.25) is 0 Å². The maximum atomic E-state index is 12.2. The Labute approximate surface area is 422 Å². The number of carbonyl (C=O) groups is 4. The number of aliphatic hydroxyl groups excluding tert-OH is 4. The predicted molar refractivity (Wildman–Crippen MR) is 265 cm³/mol. The minimum atomic E-state index is -0.559. The number of esters is 2. The second-order valence-corrected chi connectivity index (χ2v) is 25.3. The van der Waals surface area contributed by atoms with Crippen LogP contribution in [0.5, 0.6) is 0 Å². The van der Waals surface area contributed by atoms with Crippen LogP contribution in [0, 0.1) is 63.1 Å². The molecule has 0 aliphatic heterocycles. The Balaban J connectivity index is 0.000000201. The maximum Gasteiger partial charge on any atom is 0.305 e. The molecular weight excluding hydrogens is 1000 g/mol. The first kappa shape index (κ1) is 54.5. The first-order valence-corrected chi connectivity index (χ1v) is 28.5. The number of rotatable bonds is 18. The molecule has 14 heteroatoms. The molecule has 0 bridgehead atoms. The van der Waals surface area contributed by atoms with Gasteiger partial charge in [0.05, 0.1) is 47.3 Å². The van der Waals surface area contributed by atoms with Crippen LogP contribution < -0.4 is 0 Å². The SMILES string of the molecule is CCC(=O)O[C@H]1[C@H](Br)CC2C3C(CC[C@@]21CO)[C@@]1(C)CC[C@H](OCCCCC=O)CC1=C[C@@H]3O.CCC(=O)O[C@H]1[C@H](Br)CC2C3C(CC[C@@]21CO)[C@@]1(C)CC[C@H](OCCCCC=O)CC1C[C@@H]3O. The Morgan fingerprint density at radius 2 is 1.21 bits per heavy atom. The van der Waals surface area contributed by atoms with Crippen molar-refractivity contribution in [2.45, 2.75) is 209 Å². The van der Waals surface area contributed by atoms with Gasteiger partial charge in [-0.05, 0) is 161 Å². The lowest BCUT2D eigenvalue weighted by Gasteiger charge is -2.62. The maximum absolute atomic E-state index is 12.2. The highest BCUT2D eigenvalue weighted by Gasteiger charge is 2.68. The van der Waals surface area contributed by atoms with E-state index in [1.54, 1.807) is 13.8 Å². The highest BCUT2D eigenvalue weighted by molar-refractivity contribution is 9.09. The van der Waals surface area contributed by atoms with E-state index < -0.39 is 23.0 Å². The average Bonchev–Trinajstić information content (AvgIpc) is 3.78. The molecule has 0 heterocycles. The molecule has 19 atom stereocenters. The number of ether oxygens (including phenoxy) is 4. The molecule has 0 saturated heterocycles.